The fraction of sp³-hybridized carbons (Fsp3) is 0.167. The normalized spacial score (nSPS) is 12.2. The number of carboxylic acids is 1. The summed E-state index contributed by atoms with van der Waals surface area (Å²) in [6, 6.07) is 6.90. The SMILES string of the molecule is NC(=S)NC(Cc1c[nH]c2ccccc12)C(=O)O. The molecule has 0 saturated carbocycles. The van der Waals surface area contributed by atoms with Gasteiger partial charge >= 0.3 is 5.97 Å². The molecule has 5 N–H and O–H groups in total. The Bertz CT molecular complexity index is 594. The molecule has 2 rings (SSSR count). The second-order valence-electron chi connectivity index (χ2n) is 3.96. The van der Waals surface area contributed by atoms with Crippen LogP contribution >= 0.6 is 12.2 Å². The van der Waals surface area contributed by atoms with Crippen LogP contribution in [0, 0.1) is 0 Å². The van der Waals surface area contributed by atoms with Crippen LogP contribution in [-0.4, -0.2) is 27.2 Å². The standard InChI is InChI=1S/C12H13N3O2S/c13-12(18)15-10(11(16)17)5-7-6-14-9-4-2-1-3-8(7)9/h1-4,6,10,14H,5H2,(H,16,17)(H3,13,15,18). The number of fused-ring (bicyclic) bond motifs is 1. The zero-order chi connectivity index (χ0) is 13.1. The highest BCUT2D eigenvalue weighted by Gasteiger charge is 2.19. The Morgan fingerprint density at radius 2 is 2.22 bits per heavy atom. The van der Waals surface area contributed by atoms with Gasteiger partial charge < -0.3 is 21.1 Å². The van der Waals surface area contributed by atoms with E-state index < -0.39 is 12.0 Å². The van der Waals surface area contributed by atoms with Crippen molar-refractivity contribution < 1.29 is 9.90 Å². The molecule has 2 aromatic rings. The Hall–Kier alpha value is -2.08. The van der Waals surface area contributed by atoms with E-state index in [0.29, 0.717) is 6.42 Å². The van der Waals surface area contributed by atoms with Crippen LogP contribution in [0.2, 0.25) is 0 Å². The van der Waals surface area contributed by atoms with Gasteiger partial charge in [-0.05, 0) is 23.8 Å². The zero-order valence-electron chi connectivity index (χ0n) is 9.51. The van der Waals surface area contributed by atoms with Gasteiger partial charge in [-0.2, -0.15) is 0 Å². The zero-order valence-corrected chi connectivity index (χ0v) is 10.3. The van der Waals surface area contributed by atoms with Crippen molar-refractivity contribution in [2.24, 2.45) is 5.73 Å². The summed E-state index contributed by atoms with van der Waals surface area (Å²) in [6.07, 6.45) is 2.12. The van der Waals surface area contributed by atoms with Crippen molar-refractivity contribution in [1.29, 1.82) is 0 Å². The number of thiocarbonyl (C=S) groups is 1. The number of aromatic nitrogens is 1. The van der Waals surface area contributed by atoms with Crippen molar-refractivity contribution in [3.8, 4) is 0 Å². The Kier molecular flexibility index (Phi) is 3.47. The Morgan fingerprint density at radius 1 is 1.50 bits per heavy atom. The van der Waals surface area contributed by atoms with Gasteiger partial charge in [0.05, 0.1) is 0 Å². The fourth-order valence-corrected chi connectivity index (χ4v) is 2.03. The molecule has 94 valence electrons. The Morgan fingerprint density at radius 3 is 2.89 bits per heavy atom. The third kappa shape index (κ3) is 2.60. The van der Waals surface area contributed by atoms with E-state index >= 15 is 0 Å². The van der Waals surface area contributed by atoms with Gasteiger partial charge in [0.25, 0.3) is 0 Å². The first-order chi connectivity index (χ1) is 8.58. The topological polar surface area (TPSA) is 91.1 Å². The van der Waals surface area contributed by atoms with Crippen molar-refractivity contribution in [1.82, 2.24) is 10.3 Å². The van der Waals surface area contributed by atoms with E-state index in [1.807, 2.05) is 30.5 Å². The van der Waals surface area contributed by atoms with Gasteiger partial charge in [-0.1, -0.05) is 18.2 Å². The molecular weight excluding hydrogens is 250 g/mol. The van der Waals surface area contributed by atoms with E-state index in [1.165, 1.54) is 0 Å². The predicted molar refractivity (Wildman–Crippen MR) is 73.3 cm³/mol. The molecule has 0 aliphatic heterocycles. The minimum atomic E-state index is -0.979. The largest absolute Gasteiger partial charge is 0.480 e. The second kappa shape index (κ2) is 5.05. The molecule has 0 spiro atoms. The summed E-state index contributed by atoms with van der Waals surface area (Å²) in [7, 11) is 0. The molecule has 0 amide bonds. The van der Waals surface area contributed by atoms with Gasteiger partial charge in [0, 0.05) is 23.5 Å². The molecule has 18 heavy (non-hydrogen) atoms. The van der Waals surface area contributed by atoms with Crippen molar-refractivity contribution in [3.05, 3.63) is 36.0 Å². The number of carboxylic acid groups (broad SMARTS) is 1. The van der Waals surface area contributed by atoms with Crippen LogP contribution in [0.15, 0.2) is 30.5 Å². The summed E-state index contributed by atoms with van der Waals surface area (Å²) in [6.45, 7) is 0. The van der Waals surface area contributed by atoms with Gasteiger partial charge in [0.15, 0.2) is 5.11 Å². The number of nitrogens with two attached hydrogens (primary N) is 1. The first-order valence-corrected chi connectivity index (χ1v) is 5.82. The van der Waals surface area contributed by atoms with Crippen molar-refractivity contribution in [2.75, 3.05) is 0 Å². The number of hydrogen-bond donors (Lipinski definition) is 4. The van der Waals surface area contributed by atoms with Gasteiger partial charge in [-0.25, -0.2) is 4.79 Å². The summed E-state index contributed by atoms with van der Waals surface area (Å²) in [4.78, 5) is 14.2. The Balaban J connectivity index is 2.26. The minimum Gasteiger partial charge on any atom is -0.480 e. The van der Waals surface area contributed by atoms with Gasteiger partial charge in [-0.3, -0.25) is 0 Å². The number of para-hydroxylation sites is 1. The molecule has 5 nitrogen and oxygen atoms in total. The predicted octanol–water partition coefficient (Wildman–Crippen LogP) is 0.997. The number of benzene rings is 1. The summed E-state index contributed by atoms with van der Waals surface area (Å²) in [5, 5.41) is 12.7. The summed E-state index contributed by atoms with van der Waals surface area (Å²) in [5.74, 6) is -0.979. The average Bonchev–Trinajstić information content (AvgIpc) is 2.71. The molecule has 1 atom stereocenters. The highest BCUT2D eigenvalue weighted by molar-refractivity contribution is 7.80. The molecule has 1 aromatic heterocycles. The molecule has 1 heterocycles. The second-order valence-corrected chi connectivity index (χ2v) is 4.40. The first-order valence-electron chi connectivity index (χ1n) is 5.41. The first kappa shape index (κ1) is 12.4. The number of nitrogens with one attached hydrogen (secondary N) is 2. The number of aromatic amines is 1. The number of aliphatic carboxylic acids is 1. The molecule has 1 unspecified atom stereocenters. The lowest BCUT2D eigenvalue weighted by atomic mass is 10.1. The van der Waals surface area contributed by atoms with Crippen LogP contribution < -0.4 is 11.1 Å². The summed E-state index contributed by atoms with van der Waals surface area (Å²) >= 11 is 4.68. The quantitative estimate of drug-likeness (QED) is 0.618. The molecule has 0 aliphatic carbocycles. The van der Waals surface area contributed by atoms with Gasteiger partial charge in [-0.15, -0.1) is 0 Å². The van der Waals surface area contributed by atoms with Crippen LogP contribution in [0.3, 0.4) is 0 Å². The van der Waals surface area contributed by atoms with Crippen LogP contribution in [0.25, 0.3) is 10.9 Å². The third-order valence-corrected chi connectivity index (χ3v) is 2.83. The van der Waals surface area contributed by atoms with Crippen molar-refractivity contribution in [2.45, 2.75) is 12.5 Å². The van der Waals surface area contributed by atoms with Crippen LogP contribution in [0.1, 0.15) is 5.56 Å². The van der Waals surface area contributed by atoms with Crippen molar-refractivity contribution >= 4 is 34.2 Å². The maximum absolute atomic E-state index is 11.1. The highest BCUT2D eigenvalue weighted by atomic mass is 32.1. The monoisotopic (exact) mass is 263 g/mol. The van der Waals surface area contributed by atoms with Gasteiger partial charge in [0.1, 0.15) is 6.04 Å². The lowest BCUT2D eigenvalue weighted by Crippen LogP contribution is -2.44. The number of hydrogen-bond acceptors (Lipinski definition) is 2. The molecule has 1 aromatic carbocycles. The van der Waals surface area contributed by atoms with E-state index in [2.05, 4.69) is 22.5 Å². The molecule has 0 saturated heterocycles. The highest BCUT2D eigenvalue weighted by Crippen LogP contribution is 2.19. The maximum atomic E-state index is 11.1. The molecule has 0 bridgehead atoms. The molecule has 6 heteroatoms. The molecule has 0 fully saturated rings. The molecule has 0 aliphatic rings. The van der Waals surface area contributed by atoms with E-state index in [9.17, 15) is 4.79 Å². The average molecular weight is 263 g/mol. The van der Waals surface area contributed by atoms with Crippen molar-refractivity contribution in [3.63, 3.8) is 0 Å². The summed E-state index contributed by atoms with van der Waals surface area (Å²) < 4.78 is 0. The van der Waals surface area contributed by atoms with E-state index in [4.69, 9.17) is 10.8 Å². The molecular formula is C12H13N3O2S. The van der Waals surface area contributed by atoms with E-state index in [1.54, 1.807) is 0 Å². The minimum absolute atomic E-state index is 0.0118. The Labute approximate surface area is 109 Å². The van der Waals surface area contributed by atoms with E-state index in [-0.39, 0.29) is 5.11 Å². The fourth-order valence-electron chi connectivity index (χ4n) is 1.89. The molecule has 0 radical (unpaired) electrons. The van der Waals surface area contributed by atoms with Gasteiger partial charge in [0.2, 0.25) is 0 Å². The smallest absolute Gasteiger partial charge is 0.326 e. The number of carbonyl (C=O) groups is 1. The number of rotatable bonds is 4. The van der Waals surface area contributed by atoms with Crippen LogP contribution in [0.5, 0.6) is 0 Å². The lowest BCUT2D eigenvalue weighted by molar-refractivity contribution is -0.139. The number of H-pyrrole nitrogens is 1. The maximum Gasteiger partial charge on any atom is 0.326 e. The van der Waals surface area contributed by atoms with E-state index in [0.717, 1.165) is 16.5 Å². The van der Waals surface area contributed by atoms with Crippen LogP contribution in [0.4, 0.5) is 0 Å². The third-order valence-electron chi connectivity index (χ3n) is 2.71. The summed E-state index contributed by atoms with van der Waals surface area (Å²) in [5.41, 5.74) is 7.22. The van der Waals surface area contributed by atoms with Crippen LogP contribution in [-0.2, 0) is 11.2 Å². The lowest BCUT2D eigenvalue weighted by Gasteiger charge is -2.13.